The molecule has 1 atom stereocenters. The van der Waals surface area contributed by atoms with Crippen molar-refractivity contribution < 1.29 is 4.42 Å². The van der Waals surface area contributed by atoms with Crippen molar-refractivity contribution >= 4 is 0 Å². The fourth-order valence-corrected chi connectivity index (χ4v) is 1.54. The number of rotatable bonds is 0. The zero-order valence-electron chi connectivity index (χ0n) is 7.00. The van der Waals surface area contributed by atoms with Gasteiger partial charge in [-0.05, 0) is 32.0 Å². The molecule has 0 aromatic carbocycles. The fourth-order valence-electron chi connectivity index (χ4n) is 1.54. The van der Waals surface area contributed by atoms with Gasteiger partial charge in [0.2, 0.25) is 0 Å². The number of hydrogen-bond donors (Lipinski definition) is 0. The lowest BCUT2D eigenvalue weighted by atomic mass is 10.0. The molecule has 11 heavy (non-hydrogen) atoms. The van der Waals surface area contributed by atoms with E-state index in [1.165, 1.54) is 5.56 Å². The van der Waals surface area contributed by atoms with Gasteiger partial charge < -0.3 is 4.42 Å². The quantitative estimate of drug-likeness (QED) is 0.560. The summed E-state index contributed by atoms with van der Waals surface area (Å²) < 4.78 is 5.33. The first-order chi connectivity index (χ1) is 5.27. The summed E-state index contributed by atoms with van der Waals surface area (Å²) in [6.45, 7) is 3.21. The van der Waals surface area contributed by atoms with Gasteiger partial charge in [0.05, 0.1) is 12.8 Å². The van der Waals surface area contributed by atoms with Gasteiger partial charge in [0.25, 0.3) is 0 Å². The second kappa shape index (κ2) is 2.38. The summed E-state index contributed by atoms with van der Waals surface area (Å²) in [7, 11) is 2.14. The van der Waals surface area contributed by atoms with Gasteiger partial charge >= 0.3 is 0 Å². The molecule has 0 saturated heterocycles. The zero-order chi connectivity index (χ0) is 7.84. The van der Waals surface area contributed by atoms with E-state index >= 15 is 0 Å². The maximum Gasteiger partial charge on any atom is 0.120 e. The summed E-state index contributed by atoms with van der Waals surface area (Å²) in [4.78, 5) is 2.31. The van der Waals surface area contributed by atoms with Crippen LogP contribution in [0.5, 0.6) is 0 Å². The monoisotopic (exact) mass is 151 g/mol. The van der Waals surface area contributed by atoms with Gasteiger partial charge in [-0.1, -0.05) is 0 Å². The van der Waals surface area contributed by atoms with E-state index in [9.17, 15) is 0 Å². The Hall–Kier alpha value is -0.760. The minimum atomic E-state index is 0.653. The maximum absolute atomic E-state index is 5.33. The second-order valence-electron chi connectivity index (χ2n) is 3.34. The molecular formula is C9H13NO. The highest BCUT2D eigenvalue weighted by Gasteiger charge is 2.21. The van der Waals surface area contributed by atoms with Gasteiger partial charge in [-0.15, -0.1) is 0 Å². The standard InChI is InChI=1S/C9H13NO/c1-7-5-8-3-4-11-9(8)6-10(7)2/h3-4,7H,5-6H2,1-2H3. The first kappa shape index (κ1) is 6.92. The molecule has 0 bridgehead atoms. The Labute approximate surface area is 66.8 Å². The molecule has 1 aromatic rings. The van der Waals surface area contributed by atoms with Crippen LogP contribution in [0.25, 0.3) is 0 Å². The van der Waals surface area contributed by atoms with Gasteiger partial charge in [0.1, 0.15) is 5.76 Å². The number of fused-ring (bicyclic) bond motifs is 1. The molecule has 1 unspecified atom stereocenters. The Kier molecular flexibility index (Phi) is 1.50. The number of hydrogen-bond acceptors (Lipinski definition) is 2. The van der Waals surface area contributed by atoms with E-state index in [0.29, 0.717) is 6.04 Å². The van der Waals surface area contributed by atoms with Gasteiger partial charge in [0, 0.05) is 6.04 Å². The van der Waals surface area contributed by atoms with Crippen LogP contribution in [0.3, 0.4) is 0 Å². The normalized spacial score (nSPS) is 25.1. The van der Waals surface area contributed by atoms with Crippen LogP contribution in [0.2, 0.25) is 0 Å². The topological polar surface area (TPSA) is 16.4 Å². The van der Waals surface area contributed by atoms with Gasteiger partial charge in [-0.2, -0.15) is 0 Å². The number of furan rings is 1. The molecule has 1 aromatic heterocycles. The molecule has 1 aliphatic heterocycles. The van der Waals surface area contributed by atoms with Crippen molar-refractivity contribution in [2.75, 3.05) is 7.05 Å². The Balaban J connectivity index is 2.30. The Morgan fingerprint density at radius 3 is 3.27 bits per heavy atom. The third kappa shape index (κ3) is 1.07. The SMILES string of the molecule is CC1Cc2ccoc2CN1C. The molecule has 0 aliphatic carbocycles. The Bertz CT molecular complexity index is 229. The molecule has 2 heterocycles. The predicted octanol–water partition coefficient (Wildman–Crippen LogP) is 1.66. The highest BCUT2D eigenvalue weighted by atomic mass is 16.3. The lowest BCUT2D eigenvalue weighted by molar-refractivity contribution is 0.209. The third-order valence-corrected chi connectivity index (χ3v) is 2.50. The van der Waals surface area contributed by atoms with Crippen molar-refractivity contribution in [3.05, 3.63) is 23.7 Å². The minimum absolute atomic E-state index is 0.653. The van der Waals surface area contributed by atoms with Crippen molar-refractivity contribution in [1.82, 2.24) is 4.90 Å². The average molecular weight is 151 g/mol. The molecule has 60 valence electrons. The summed E-state index contributed by atoms with van der Waals surface area (Å²) in [6, 6.07) is 2.74. The lowest BCUT2D eigenvalue weighted by Gasteiger charge is -2.28. The molecule has 0 N–H and O–H groups in total. The predicted molar refractivity (Wildman–Crippen MR) is 43.3 cm³/mol. The van der Waals surface area contributed by atoms with Crippen LogP contribution in [0.15, 0.2) is 16.7 Å². The smallest absolute Gasteiger partial charge is 0.120 e. The Morgan fingerprint density at radius 2 is 2.45 bits per heavy atom. The second-order valence-corrected chi connectivity index (χ2v) is 3.34. The van der Waals surface area contributed by atoms with Crippen molar-refractivity contribution in [2.24, 2.45) is 0 Å². The van der Waals surface area contributed by atoms with E-state index in [-0.39, 0.29) is 0 Å². The van der Waals surface area contributed by atoms with E-state index in [4.69, 9.17) is 4.42 Å². The van der Waals surface area contributed by atoms with Crippen molar-refractivity contribution in [2.45, 2.75) is 25.9 Å². The van der Waals surface area contributed by atoms with Gasteiger partial charge in [-0.25, -0.2) is 0 Å². The van der Waals surface area contributed by atoms with Crippen LogP contribution in [0.1, 0.15) is 18.2 Å². The fraction of sp³-hybridized carbons (Fsp3) is 0.556. The third-order valence-electron chi connectivity index (χ3n) is 2.50. The van der Waals surface area contributed by atoms with Crippen LogP contribution in [-0.4, -0.2) is 18.0 Å². The van der Waals surface area contributed by atoms with Crippen LogP contribution in [-0.2, 0) is 13.0 Å². The zero-order valence-corrected chi connectivity index (χ0v) is 7.00. The summed E-state index contributed by atoms with van der Waals surface area (Å²) in [5.41, 5.74) is 1.38. The molecule has 0 saturated carbocycles. The molecule has 2 nitrogen and oxygen atoms in total. The Morgan fingerprint density at radius 1 is 1.64 bits per heavy atom. The summed E-state index contributed by atoms with van der Waals surface area (Å²) in [5.74, 6) is 1.14. The summed E-state index contributed by atoms with van der Waals surface area (Å²) in [6.07, 6.45) is 2.92. The molecule has 0 amide bonds. The van der Waals surface area contributed by atoms with Crippen molar-refractivity contribution in [3.8, 4) is 0 Å². The molecule has 2 rings (SSSR count). The van der Waals surface area contributed by atoms with Crippen LogP contribution in [0.4, 0.5) is 0 Å². The first-order valence-corrected chi connectivity index (χ1v) is 4.03. The average Bonchev–Trinajstić information content (AvgIpc) is 2.36. The number of nitrogens with zero attached hydrogens (tertiary/aromatic N) is 1. The van der Waals surface area contributed by atoms with E-state index in [1.54, 1.807) is 6.26 Å². The molecule has 2 heteroatoms. The highest BCUT2D eigenvalue weighted by molar-refractivity contribution is 5.20. The van der Waals surface area contributed by atoms with Gasteiger partial charge in [-0.3, -0.25) is 4.90 Å². The lowest BCUT2D eigenvalue weighted by Crippen LogP contribution is -2.34. The highest BCUT2D eigenvalue weighted by Crippen LogP contribution is 2.22. The number of likely N-dealkylation sites (N-methyl/N-ethyl adjacent to an activating group) is 1. The molecular weight excluding hydrogens is 138 g/mol. The largest absolute Gasteiger partial charge is 0.468 e. The van der Waals surface area contributed by atoms with Crippen LogP contribution < -0.4 is 0 Å². The van der Waals surface area contributed by atoms with E-state index < -0.39 is 0 Å². The van der Waals surface area contributed by atoms with E-state index in [1.807, 2.05) is 0 Å². The minimum Gasteiger partial charge on any atom is -0.468 e. The van der Waals surface area contributed by atoms with Gasteiger partial charge in [0.15, 0.2) is 0 Å². The summed E-state index contributed by atoms with van der Waals surface area (Å²) in [5, 5.41) is 0. The summed E-state index contributed by atoms with van der Waals surface area (Å²) >= 11 is 0. The maximum atomic E-state index is 5.33. The molecule has 0 radical (unpaired) electrons. The molecule has 0 fully saturated rings. The molecule has 1 aliphatic rings. The molecule has 0 spiro atoms. The van der Waals surface area contributed by atoms with Crippen LogP contribution in [0, 0.1) is 0 Å². The van der Waals surface area contributed by atoms with E-state index in [2.05, 4.69) is 24.9 Å². The van der Waals surface area contributed by atoms with Crippen molar-refractivity contribution in [1.29, 1.82) is 0 Å². The van der Waals surface area contributed by atoms with Crippen LogP contribution >= 0.6 is 0 Å². The van der Waals surface area contributed by atoms with Crippen molar-refractivity contribution in [3.63, 3.8) is 0 Å². The first-order valence-electron chi connectivity index (χ1n) is 4.03. The van der Waals surface area contributed by atoms with E-state index in [0.717, 1.165) is 18.7 Å².